The van der Waals surface area contributed by atoms with Gasteiger partial charge in [-0.25, -0.2) is 8.78 Å². The summed E-state index contributed by atoms with van der Waals surface area (Å²) in [6.45, 7) is 3.65. The highest BCUT2D eigenvalue weighted by Crippen LogP contribution is 2.33. The van der Waals surface area contributed by atoms with Gasteiger partial charge in [-0.3, -0.25) is 4.79 Å². The van der Waals surface area contributed by atoms with Crippen molar-refractivity contribution in [2.75, 3.05) is 0 Å². The number of ketones is 1. The lowest BCUT2D eigenvalue weighted by Crippen LogP contribution is -2.23. The normalized spacial score (nSPS) is 23.4. The second-order valence-electron chi connectivity index (χ2n) is 5.55. The van der Waals surface area contributed by atoms with Gasteiger partial charge in [-0.05, 0) is 50.2 Å². The van der Waals surface area contributed by atoms with Crippen LogP contribution in [0.25, 0.3) is 0 Å². The Morgan fingerprint density at radius 2 is 1.79 bits per heavy atom. The average molecular weight is 266 g/mol. The van der Waals surface area contributed by atoms with Crippen molar-refractivity contribution in [3.05, 3.63) is 34.9 Å². The molecule has 0 N–H and O–H groups in total. The summed E-state index contributed by atoms with van der Waals surface area (Å²) < 4.78 is 27.3. The van der Waals surface area contributed by atoms with Gasteiger partial charge in [0.1, 0.15) is 0 Å². The molecule has 0 radical (unpaired) electrons. The van der Waals surface area contributed by atoms with Crippen LogP contribution < -0.4 is 0 Å². The van der Waals surface area contributed by atoms with E-state index in [1.165, 1.54) is 19.1 Å². The van der Waals surface area contributed by atoms with Gasteiger partial charge in [0.15, 0.2) is 17.4 Å². The minimum atomic E-state index is -0.984. The van der Waals surface area contributed by atoms with E-state index in [-0.39, 0.29) is 22.8 Å². The van der Waals surface area contributed by atoms with Crippen molar-refractivity contribution >= 4 is 5.78 Å². The molecule has 1 aliphatic rings. The number of aryl methyl sites for hydroxylation is 1. The Morgan fingerprint density at radius 1 is 1.16 bits per heavy atom. The van der Waals surface area contributed by atoms with Crippen LogP contribution in [-0.4, -0.2) is 5.78 Å². The third kappa shape index (κ3) is 2.85. The van der Waals surface area contributed by atoms with Crippen LogP contribution in [0.1, 0.15) is 54.9 Å². The summed E-state index contributed by atoms with van der Waals surface area (Å²) in [5.74, 6) is -1.57. The summed E-state index contributed by atoms with van der Waals surface area (Å²) >= 11 is 0. The first-order valence-corrected chi connectivity index (χ1v) is 7.03. The number of hydrogen-bond donors (Lipinski definition) is 0. The van der Waals surface area contributed by atoms with E-state index >= 15 is 0 Å². The molecule has 0 spiro atoms. The van der Waals surface area contributed by atoms with Crippen molar-refractivity contribution in [2.45, 2.75) is 46.0 Å². The van der Waals surface area contributed by atoms with E-state index in [0.29, 0.717) is 5.92 Å². The average Bonchev–Trinajstić information content (AvgIpc) is 2.44. The van der Waals surface area contributed by atoms with E-state index in [4.69, 9.17) is 0 Å². The van der Waals surface area contributed by atoms with Crippen molar-refractivity contribution in [1.82, 2.24) is 0 Å². The van der Waals surface area contributed by atoms with Gasteiger partial charge in [-0.2, -0.15) is 0 Å². The summed E-state index contributed by atoms with van der Waals surface area (Å²) in [6.07, 6.45) is 4.76. The highest BCUT2D eigenvalue weighted by Gasteiger charge is 2.28. The highest BCUT2D eigenvalue weighted by atomic mass is 19.2. The molecule has 0 atom stereocenters. The molecule has 1 saturated carbocycles. The predicted octanol–water partition coefficient (Wildman–Crippen LogP) is 4.67. The largest absolute Gasteiger partial charge is 0.294 e. The molecule has 0 heterocycles. The van der Waals surface area contributed by atoms with E-state index in [1.807, 2.05) is 0 Å². The molecular weight excluding hydrogens is 246 g/mol. The zero-order valence-electron chi connectivity index (χ0n) is 11.5. The van der Waals surface area contributed by atoms with E-state index < -0.39 is 11.6 Å². The Morgan fingerprint density at radius 3 is 2.37 bits per heavy atom. The van der Waals surface area contributed by atoms with Gasteiger partial charge in [0, 0.05) is 5.92 Å². The zero-order chi connectivity index (χ0) is 14.0. The Labute approximate surface area is 113 Å². The molecule has 2 rings (SSSR count). The third-order valence-corrected chi connectivity index (χ3v) is 4.34. The highest BCUT2D eigenvalue weighted by molar-refractivity contribution is 5.98. The van der Waals surface area contributed by atoms with Crippen LogP contribution in [0.2, 0.25) is 0 Å². The van der Waals surface area contributed by atoms with Gasteiger partial charge >= 0.3 is 0 Å². The Kier molecular flexibility index (Phi) is 4.33. The van der Waals surface area contributed by atoms with Crippen LogP contribution in [0.5, 0.6) is 0 Å². The number of carbonyl (C=O) groups excluding carboxylic acids is 1. The lowest BCUT2D eigenvalue weighted by molar-refractivity contribution is 0.0865. The van der Waals surface area contributed by atoms with Crippen molar-refractivity contribution < 1.29 is 13.6 Å². The molecule has 19 heavy (non-hydrogen) atoms. The molecule has 0 aromatic heterocycles. The monoisotopic (exact) mass is 266 g/mol. The topological polar surface area (TPSA) is 17.1 Å². The minimum Gasteiger partial charge on any atom is -0.294 e. The molecule has 1 aromatic rings. The van der Waals surface area contributed by atoms with Crippen molar-refractivity contribution in [1.29, 1.82) is 0 Å². The number of hydrogen-bond acceptors (Lipinski definition) is 1. The van der Waals surface area contributed by atoms with Crippen LogP contribution in [-0.2, 0) is 0 Å². The lowest BCUT2D eigenvalue weighted by Gasteiger charge is -2.27. The fourth-order valence-electron chi connectivity index (χ4n) is 2.89. The molecule has 104 valence electrons. The summed E-state index contributed by atoms with van der Waals surface area (Å²) in [5, 5.41) is 0. The Hall–Kier alpha value is -1.25. The summed E-state index contributed by atoms with van der Waals surface area (Å²) in [7, 11) is 0. The molecule has 1 fully saturated rings. The SMILES string of the molecule is CCC1CCC(C(=O)c2ccc(C)c(F)c2F)CC1. The first-order valence-electron chi connectivity index (χ1n) is 7.03. The van der Waals surface area contributed by atoms with Crippen molar-refractivity contribution in [3.8, 4) is 0 Å². The molecule has 0 amide bonds. The fourth-order valence-corrected chi connectivity index (χ4v) is 2.89. The quantitative estimate of drug-likeness (QED) is 0.726. The first kappa shape index (κ1) is 14.2. The maximum atomic E-state index is 13.8. The first-order chi connectivity index (χ1) is 9.04. The van der Waals surface area contributed by atoms with Crippen LogP contribution in [0.3, 0.4) is 0 Å². The fraction of sp³-hybridized carbons (Fsp3) is 0.562. The Balaban J connectivity index is 2.15. The standard InChI is InChI=1S/C16H20F2O/c1-3-11-5-7-12(8-6-11)16(19)13-9-4-10(2)14(17)15(13)18/h4,9,11-12H,3,5-8H2,1-2H3. The van der Waals surface area contributed by atoms with Crippen LogP contribution in [0.15, 0.2) is 12.1 Å². The second kappa shape index (κ2) is 5.81. The van der Waals surface area contributed by atoms with E-state index in [2.05, 4.69) is 6.92 Å². The molecule has 0 unspecified atom stereocenters. The van der Waals surface area contributed by atoms with Crippen molar-refractivity contribution in [3.63, 3.8) is 0 Å². The maximum absolute atomic E-state index is 13.8. The van der Waals surface area contributed by atoms with E-state index in [0.717, 1.165) is 32.1 Å². The van der Waals surface area contributed by atoms with E-state index in [1.54, 1.807) is 0 Å². The molecule has 0 aliphatic heterocycles. The summed E-state index contributed by atoms with van der Waals surface area (Å²) in [4.78, 5) is 12.3. The minimum absolute atomic E-state index is 0.0805. The summed E-state index contributed by atoms with van der Waals surface area (Å²) in [5.41, 5.74) is 0.159. The molecule has 1 aliphatic carbocycles. The number of Topliss-reactive ketones (excluding diaryl/α,β-unsaturated/α-hetero) is 1. The number of rotatable bonds is 3. The maximum Gasteiger partial charge on any atom is 0.169 e. The van der Waals surface area contributed by atoms with Gasteiger partial charge in [0.2, 0.25) is 0 Å². The number of halogens is 2. The number of benzene rings is 1. The van der Waals surface area contributed by atoms with Gasteiger partial charge in [0.25, 0.3) is 0 Å². The molecule has 1 aromatic carbocycles. The van der Waals surface area contributed by atoms with Crippen LogP contribution >= 0.6 is 0 Å². The van der Waals surface area contributed by atoms with Gasteiger partial charge in [-0.15, -0.1) is 0 Å². The molecule has 3 heteroatoms. The van der Waals surface area contributed by atoms with Crippen LogP contribution in [0, 0.1) is 30.4 Å². The third-order valence-electron chi connectivity index (χ3n) is 4.34. The molecular formula is C16H20F2O. The van der Waals surface area contributed by atoms with Gasteiger partial charge in [-0.1, -0.05) is 19.4 Å². The predicted molar refractivity (Wildman–Crippen MR) is 71.2 cm³/mol. The van der Waals surface area contributed by atoms with Crippen LogP contribution in [0.4, 0.5) is 8.78 Å². The van der Waals surface area contributed by atoms with Gasteiger partial charge in [0.05, 0.1) is 5.56 Å². The number of carbonyl (C=O) groups is 1. The van der Waals surface area contributed by atoms with Gasteiger partial charge < -0.3 is 0 Å². The summed E-state index contributed by atoms with van der Waals surface area (Å²) in [6, 6.07) is 2.89. The Bertz CT molecular complexity index is 474. The molecule has 1 nitrogen and oxygen atoms in total. The molecule has 0 saturated heterocycles. The lowest BCUT2D eigenvalue weighted by atomic mass is 9.77. The van der Waals surface area contributed by atoms with Crippen molar-refractivity contribution in [2.24, 2.45) is 11.8 Å². The smallest absolute Gasteiger partial charge is 0.169 e. The second-order valence-corrected chi connectivity index (χ2v) is 5.55. The zero-order valence-corrected chi connectivity index (χ0v) is 11.5. The van der Waals surface area contributed by atoms with E-state index in [9.17, 15) is 13.6 Å². The molecule has 0 bridgehead atoms.